The number of rotatable bonds is 2. The van der Waals surface area contributed by atoms with E-state index >= 15 is 0 Å². The Bertz CT molecular complexity index is 700. The Morgan fingerprint density at radius 1 is 1.05 bits per heavy atom. The summed E-state index contributed by atoms with van der Waals surface area (Å²) in [7, 11) is 0. The molecule has 96 valence electrons. The average Bonchev–Trinajstić information content (AvgIpc) is 2.99. The van der Waals surface area contributed by atoms with Crippen molar-refractivity contribution in [3.63, 3.8) is 0 Å². The number of nitrogens with zero attached hydrogens (tertiary/aromatic N) is 1. The van der Waals surface area contributed by atoms with E-state index in [1.807, 2.05) is 0 Å². The third kappa shape index (κ3) is 1.99. The number of hydrogen-bond donors (Lipinski definition) is 1. The van der Waals surface area contributed by atoms with Crippen LogP contribution in [0.15, 0.2) is 45.7 Å². The van der Waals surface area contributed by atoms with Crippen molar-refractivity contribution in [1.29, 1.82) is 0 Å². The van der Waals surface area contributed by atoms with Crippen molar-refractivity contribution in [2.75, 3.05) is 5.73 Å². The Balaban J connectivity index is 2.29. The molecule has 3 aromatic rings. The van der Waals surface area contributed by atoms with Gasteiger partial charge in [-0.15, -0.1) is 0 Å². The summed E-state index contributed by atoms with van der Waals surface area (Å²) in [5.74, 6) is 0.701. The number of aromatic nitrogens is 1. The summed E-state index contributed by atoms with van der Waals surface area (Å²) in [6, 6.07) is 6.96. The summed E-state index contributed by atoms with van der Waals surface area (Å²) < 4.78 is 10.3. The molecule has 19 heavy (non-hydrogen) atoms. The van der Waals surface area contributed by atoms with Gasteiger partial charge in [0.2, 0.25) is 0 Å². The van der Waals surface area contributed by atoms with Crippen molar-refractivity contribution in [2.24, 2.45) is 0 Å². The van der Waals surface area contributed by atoms with Crippen LogP contribution in [0.3, 0.4) is 0 Å². The normalized spacial score (nSPS) is 10.8. The van der Waals surface area contributed by atoms with E-state index in [0.717, 1.165) is 5.56 Å². The molecule has 0 amide bonds. The van der Waals surface area contributed by atoms with E-state index in [1.165, 1.54) is 12.5 Å². The molecule has 2 heterocycles. The molecule has 0 spiro atoms. The molecule has 0 saturated carbocycles. The summed E-state index contributed by atoms with van der Waals surface area (Å²) in [5, 5.41) is 4.73. The van der Waals surface area contributed by atoms with Gasteiger partial charge < -0.3 is 14.7 Å². The Morgan fingerprint density at radius 3 is 2.42 bits per heavy atom. The van der Waals surface area contributed by atoms with Crippen LogP contribution in [0.4, 0.5) is 5.82 Å². The topological polar surface area (TPSA) is 65.2 Å². The fourth-order valence-corrected chi connectivity index (χ4v) is 2.46. The summed E-state index contributed by atoms with van der Waals surface area (Å²) in [6.45, 7) is 0. The minimum Gasteiger partial charge on any atom is -0.472 e. The molecule has 0 atom stereocenters. The van der Waals surface area contributed by atoms with Crippen molar-refractivity contribution < 1.29 is 8.94 Å². The van der Waals surface area contributed by atoms with E-state index in [1.54, 1.807) is 24.3 Å². The van der Waals surface area contributed by atoms with Crippen LogP contribution in [0.25, 0.3) is 22.5 Å². The van der Waals surface area contributed by atoms with E-state index in [2.05, 4.69) is 5.16 Å². The van der Waals surface area contributed by atoms with Crippen LogP contribution in [-0.4, -0.2) is 5.16 Å². The first-order valence-electron chi connectivity index (χ1n) is 5.40. The lowest BCUT2D eigenvalue weighted by molar-refractivity contribution is 0.435. The van der Waals surface area contributed by atoms with Crippen LogP contribution in [0.5, 0.6) is 0 Å². The number of furan rings is 1. The van der Waals surface area contributed by atoms with Gasteiger partial charge in [-0.25, -0.2) is 0 Å². The summed E-state index contributed by atoms with van der Waals surface area (Å²) >= 11 is 12.4. The number of halogens is 2. The second-order valence-electron chi connectivity index (χ2n) is 3.88. The summed E-state index contributed by atoms with van der Waals surface area (Å²) in [5.41, 5.74) is 7.75. The third-order valence-corrected chi connectivity index (χ3v) is 3.34. The highest BCUT2D eigenvalue weighted by molar-refractivity contribution is 6.39. The maximum atomic E-state index is 6.19. The van der Waals surface area contributed by atoms with E-state index in [4.69, 9.17) is 37.9 Å². The third-order valence-electron chi connectivity index (χ3n) is 2.71. The van der Waals surface area contributed by atoms with Crippen molar-refractivity contribution in [1.82, 2.24) is 5.16 Å². The van der Waals surface area contributed by atoms with Gasteiger partial charge in [0.25, 0.3) is 0 Å². The molecule has 0 saturated heterocycles. The highest BCUT2D eigenvalue weighted by Gasteiger charge is 2.22. The first-order valence-corrected chi connectivity index (χ1v) is 6.16. The molecule has 2 aromatic heterocycles. The van der Waals surface area contributed by atoms with Gasteiger partial charge in [-0.2, -0.15) is 0 Å². The van der Waals surface area contributed by atoms with Crippen molar-refractivity contribution in [3.05, 3.63) is 46.8 Å². The maximum Gasteiger partial charge on any atom is 0.180 e. The molecule has 0 aliphatic carbocycles. The lowest BCUT2D eigenvalue weighted by Crippen LogP contribution is -1.90. The Morgan fingerprint density at radius 2 is 1.79 bits per heavy atom. The molecule has 2 N–H and O–H groups in total. The van der Waals surface area contributed by atoms with Gasteiger partial charge in [0.15, 0.2) is 11.6 Å². The zero-order valence-corrected chi connectivity index (χ0v) is 11.1. The van der Waals surface area contributed by atoms with Gasteiger partial charge in [0.1, 0.15) is 6.26 Å². The fourth-order valence-electron chi connectivity index (χ4n) is 1.87. The smallest absolute Gasteiger partial charge is 0.180 e. The molecule has 1 aromatic carbocycles. The van der Waals surface area contributed by atoms with Gasteiger partial charge in [-0.05, 0) is 18.2 Å². The molecule has 4 nitrogen and oxygen atoms in total. The predicted molar refractivity (Wildman–Crippen MR) is 74.1 cm³/mol. The van der Waals surface area contributed by atoms with Gasteiger partial charge in [-0.1, -0.05) is 34.4 Å². The molecule has 0 bridgehead atoms. The monoisotopic (exact) mass is 294 g/mol. The summed E-state index contributed by atoms with van der Waals surface area (Å²) in [4.78, 5) is 0. The predicted octanol–water partition coefficient (Wildman–Crippen LogP) is 4.49. The van der Waals surface area contributed by atoms with Crippen molar-refractivity contribution in [2.45, 2.75) is 0 Å². The van der Waals surface area contributed by atoms with Crippen molar-refractivity contribution in [3.8, 4) is 22.5 Å². The zero-order valence-electron chi connectivity index (χ0n) is 9.56. The first kappa shape index (κ1) is 12.1. The van der Waals surface area contributed by atoms with Crippen LogP contribution in [0.2, 0.25) is 10.0 Å². The highest BCUT2D eigenvalue weighted by Crippen LogP contribution is 2.43. The van der Waals surface area contributed by atoms with Crippen LogP contribution in [0, 0.1) is 0 Å². The summed E-state index contributed by atoms with van der Waals surface area (Å²) in [6.07, 6.45) is 3.07. The first-order chi connectivity index (χ1) is 9.18. The van der Waals surface area contributed by atoms with E-state index in [9.17, 15) is 0 Å². The second kappa shape index (κ2) is 4.64. The molecule has 0 fully saturated rings. The molecular formula is C13H8Cl2N2O2. The van der Waals surface area contributed by atoms with E-state index in [-0.39, 0.29) is 5.82 Å². The molecular weight excluding hydrogens is 287 g/mol. The Labute approximate surface area is 118 Å². The van der Waals surface area contributed by atoms with Gasteiger partial charge in [0.05, 0.1) is 27.4 Å². The van der Waals surface area contributed by atoms with Crippen LogP contribution >= 0.6 is 23.2 Å². The maximum absolute atomic E-state index is 6.19. The largest absolute Gasteiger partial charge is 0.472 e. The van der Waals surface area contributed by atoms with E-state index in [0.29, 0.717) is 26.9 Å². The number of benzene rings is 1. The van der Waals surface area contributed by atoms with E-state index < -0.39 is 0 Å². The highest BCUT2D eigenvalue weighted by atomic mass is 35.5. The quantitative estimate of drug-likeness (QED) is 0.756. The number of nitrogens with two attached hydrogens (primary N) is 1. The minimum absolute atomic E-state index is 0.228. The molecule has 3 rings (SSSR count). The van der Waals surface area contributed by atoms with Gasteiger partial charge in [-0.3, -0.25) is 0 Å². The Hall–Kier alpha value is -1.91. The average molecular weight is 295 g/mol. The van der Waals surface area contributed by atoms with Crippen LogP contribution < -0.4 is 5.73 Å². The molecule has 0 aliphatic heterocycles. The zero-order chi connectivity index (χ0) is 13.4. The van der Waals surface area contributed by atoms with Crippen molar-refractivity contribution >= 4 is 29.0 Å². The standard InChI is InChI=1S/C13H8Cl2N2O2/c14-8-2-1-3-9(15)10(8)11-12(19-17-13(11)16)7-4-5-18-6-7/h1-6H,(H2,16,17). The fraction of sp³-hybridized carbons (Fsp3) is 0. The Kier molecular flexibility index (Phi) is 2.97. The molecule has 0 radical (unpaired) electrons. The lowest BCUT2D eigenvalue weighted by atomic mass is 10.0. The van der Waals surface area contributed by atoms with Gasteiger partial charge in [0, 0.05) is 5.56 Å². The van der Waals surface area contributed by atoms with Crippen LogP contribution in [0.1, 0.15) is 0 Å². The lowest BCUT2D eigenvalue weighted by Gasteiger charge is -2.06. The SMILES string of the molecule is Nc1noc(-c2ccoc2)c1-c1c(Cl)cccc1Cl. The number of nitrogen functional groups attached to an aromatic ring is 1. The second-order valence-corrected chi connectivity index (χ2v) is 4.70. The van der Waals surface area contributed by atoms with Gasteiger partial charge >= 0.3 is 0 Å². The molecule has 6 heteroatoms. The minimum atomic E-state index is 0.228. The molecule has 0 unspecified atom stereocenters. The van der Waals surface area contributed by atoms with Crippen LogP contribution in [-0.2, 0) is 0 Å². The number of anilines is 1. The molecule has 0 aliphatic rings. The number of hydrogen-bond acceptors (Lipinski definition) is 4.